The number of aromatic nitrogens is 3. The van der Waals surface area contributed by atoms with Crippen molar-refractivity contribution in [3.63, 3.8) is 0 Å². The Kier molecular flexibility index (Phi) is 3.83. The molecule has 1 atom stereocenters. The van der Waals surface area contributed by atoms with E-state index in [1.807, 2.05) is 23.1 Å². The van der Waals surface area contributed by atoms with Gasteiger partial charge in [-0.05, 0) is 69.5 Å². The topological polar surface area (TPSA) is 42.7 Å². The molecule has 3 heterocycles. The first-order valence-electron chi connectivity index (χ1n) is 7.43. The van der Waals surface area contributed by atoms with Gasteiger partial charge in [-0.3, -0.25) is 9.67 Å². The predicted octanol–water partition coefficient (Wildman–Crippen LogP) is 2.68. The van der Waals surface area contributed by atoms with Crippen molar-refractivity contribution >= 4 is 0 Å². The summed E-state index contributed by atoms with van der Waals surface area (Å²) in [6.45, 7) is 6.58. The fraction of sp³-hybridized carbons (Fsp3) is 0.500. The predicted molar refractivity (Wildman–Crippen MR) is 80.5 cm³/mol. The Morgan fingerprint density at radius 1 is 1.35 bits per heavy atom. The van der Waals surface area contributed by atoms with Crippen LogP contribution in [0.15, 0.2) is 30.6 Å². The van der Waals surface area contributed by atoms with Crippen molar-refractivity contribution in [1.29, 1.82) is 0 Å². The summed E-state index contributed by atoms with van der Waals surface area (Å²) in [7, 11) is 0. The first kappa shape index (κ1) is 13.3. The fourth-order valence-electron chi connectivity index (χ4n) is 2.89. The molecule has 2 aromatic heterocycles. The van der Waals surface area contributed by atoms with Crippen molar-refractivity contribution < 1.29 is 0 Å². The lowest BCUT2D eigenvalue weighted by Crippen LogP contribution is -2.11. The Labute approximate surface area is 120 Å². The van der Waals surface area contributed by atoms with Crippen LogP contribution in [0.4, 0.5) is 0 Å². The molecular formula is C16H22N4. The SMILES string of the molecule is CC(C)n1nccc1-c1cc(CC2CCNC2)ccn1. The zero-order valence-electron chi connectivity index (χ0n) is 12.2. The maximum Gasteiger partial charge on any atom is 0.0885 e. The molecule has 2 aromatic rings. The van der Waals surface area contributed by atoms with Crippen LogP contribution in [-0.4, -0.2) is 27.9 Å². The van der Waals surface area contributed by atoms with Crippen LogP contribution >= 0.6 is 0 Å². The molecular weight excluding hydrogens is 248 g/mol. The summed E-state index contributed by atoms with van der Waals surface area (Å²) in [6.07, 6.45) is 6.19. The van der Waals surface area contributed by atoms with Gasteiger partial charge in [0.25, 0.3) is 0 Å². The molecule has 106 valence electrons. The molecule has 4 nitrogen and oxygen atoms in total. The minimum Gasteiger partial charge on any atom is -0.316 e. The lowest BCUT2D eigenvalue weighted by atomic mass is 9.98. The minimum absolute atomic E-state index is 0.351. The van der Waals surface area contributed by atoms with Crippen molar-refractivity contribution in [1.82, 2.24) is 20.1 Å². The van der Waals surface area contributed by atoms with E-state index < -0.39 is 0 Å². The molecule has 0 spiro atoms. The second-order valence-electron chi connectivity index (χ2n) is 5.87. The second kappa shape index (κ2) is 5.75. The summed E-state index contributed by atoms with van der Waals surface area (Å²) in [5, 5.41) is 7.82. The molecule has 1 unspecified atom stereocenters. The molecule has 0 saturated carbocycles. The van der Waals surface area contributed by atoms with E-state index in [1.54, 1.807) is 0 Å². The fourth-order valence-corrected chi connectivity index (χ4v) is 2.89. The molecule has 1 aliphatic rings. The molecule has 1 N–H and O–H groups in total. The van der Waals surface area contributed by atoms with Gasteiger partial charge in [0.1, 0.15) is 0 Å². The van der Waals surface area contributed by atoms with Crippen LogP contribution in [0, 0.1) is 5.92 Å². The van der Waals surface area contributed by atoms with E-state index in [0.29, 0.717) is 6.04 Å². The maximum absolute atomic E-state index is 4.52. The van der Waals surface area contributed by atoms with Gasteiger partial charge in [0.2, 0.25) is 0 Å². The second-order valence-corrected chi connectivity index (χ2v) is 5.87. The van der Waals surface area contributed by atoms with Crippen LogP contribution in [-0.2, 0) is 6.42 Å². The number of hydrogen-bond acceptors (Lipinski definition) is 3. The largest absolute Gasteiger partial charge is 0.316 e. The Morgan fingerprint density at radius 2 is 2.25 bits per heavy atom. The normalized spacial score (nSPS) is 18.9. The smallest absolute Gasteiger partial charge is 0.0885 e. The van der Waals surface area contributed by atoms with E-state index >= 15 is 0 Å². The van der Waals surface area contributed by atoms with Crippen molar-refractivity contribution in [2.24, 2.45) is 5.92 Å². The average molecular weight is 270 g/mol. The van der Waals surface area contributed by atoms with Crippen molar-refractivity contribution in [2.45, 2.75) is 32.7 Å². The highest BCUT2D eigenvalue weighted by Crippen LogP contribution is 2.22. The van der Waals surface area contributed by atoms with Crippen LogP contribution in [0.5, 0.6) is 0 Å². The van der Waals surface area contributed by atoms with E-state index in [1.165, 1.54) is 12.0 Å². The third kappa shape index (κ3) is 2.75. The van der Waals surface area contributed by atoms with E-state index in [-0.39, 0.29) is 0 Å². The van der Waals surface area contributed by atoms with E-state index in [9.17, 15) is 0 Å². The standard InChI is InChI=1S/C16H22N4/c1-12(2)20-16(5-8-19-20)15-10-13(4-7-18-15)9-14-3-6-17-11-14/h4-5,7-8,10,12,14,17H,3,6,9,11H2,1-2H3. The quantitative estimate of drug-likeness (QED) is 0.929. The molecule has 0 amide bonds. The summed E-state index contributed by atoms with van der Waals surface area (Å²) in [6, 6.07) is 6.75. The van der Waals surface area contributed by atoms with E-state index in [0.717, 1.165) is 36.8 Å². The molecule has 0 bridgehead atoms. The Bertz CT molecular complexity index is 567. The number of nitrogens with one attached hydrogen (secondary N) is 1. The number of nitrogens with zero attached hydrogens (tertiary/aromatic N) is 3. The van der Waals surface area contributed by atoms with Crippen molar-refractivity contribution in [3.8, 4) is 11.4 Å². The van der Waals surface area contributed by atoms with Gasteiger partial charge in [-0.25, -0.2) is 0 Å². The first-order valence-corrected chi connectivity index (χ1v) is 7.43. The highest BCUT2D eigenvalue weighted by molar-refractivity contribution is 5.55. The number of pyridine rings is 1. The van der Waals surface area contributed by atoms with Gasteiger partial charge in [-0.1, -0.05) is 0 Å². The van der Waals surface area contributed by atoms with Gasteiger partial charge in [0, 0.05) is 18.4 Å². The third-order valence-corrected chi connectivity index (χ3v) is 3.93. The maximum atomic E-state index is 4.52. The Hall–Kier alpha value is -1.68. The summed E-state index contributed by atoms with van der Waals surface area (Å²) < 4.78 is 2.03. The number of rotatable bonds is 4. The number of hydrogen-bond donors (Lipinski definition) is 1. The van der Waals surface area contributed by atoms with Gasteiger partial charge >= 0.3 is 0 Å². The van der Waals surface area contributed by atoms with Gasteiger partial charge in [-0.2, -0.15) is 5.10 Å². The summed E-state index contributed by atoms with van der Waals surface area (Å²) >= 11 is 0. The Morgan fingerprint density at radius 3 is 3.00 bits per heavy atom. The lowest BCUT2D eigenvalue weighted by molar-refractivity contribution is 0.537. The van der Waals surface area contributed by atoms with Gasteiger partial charge in [0.15, 0.2) is 0 Å². The zero-order chi connectivity index (χ0) is 13.9. The molecule has 3 rings (SSSR count). The molecule has 20 heavy (non-hydrogen) atoms. The summed E-state index contributed by atoms with van der Waals surface area (Å²) in [4.78, 5) is 4.52. The van der Waals surface area contributed by atoms with Crippen LogP contribution in [0.1, 0.15) is 31.9 Å². The highest BCUT2D eigenvalue weighted by Gasteiger charge is 2.16. The lowest BCUT2D eigenvalue weighted by Gasteiger charge is -2.12. The molecule has 1 aliphatic heterocycles. The van der Waals surface area contributed by atoms with Crippen LogP contribution < -0.4 is 5.32 Å². The highest BCUT2D eigenvalue weighted by atomic mass is 15.3. The molecule has 1 saturated heterocycles. The van der Waals surface area contributed by atoms with E-state index in [2.05, 4.69) is 41.4 Å². The zero-order valence-corrected chi connectivity index (χ0v) is 12.2. The van der Waals surface area contributed by atoms with E-state index in [4.69, 9.17) is 0 Å². The van der Waals surface area contributed by atoms with Gasteiger partial charge in [-0.15, -0.1) is 0 Å². The molecule has 4 heteroatoms. The minimum atomic E-state index is 0.351. The Balaban J connectivity index is 1.84. The molecule has 0 radical (unpaired) electrons. The molecule has 1 fully saturated rings. The van der Waals surface area contributed by atoms with Crippen LogP contribution in [0.25, 0.3) is 11.4 Å². The molecule has 0 aliphatic carbocycles. The first-order chi connectivity index (χ1) is 9.74. The van der Waals surface area contributed by atoms with Gasteiger partial charge in [0.05, 0.1) is 11.4 Å². The van der Waals surface area contributed by atoms with Crippen LogP contribution in [0.2, 0.25) is 0 Å². The molecule has 0 aromatic carbocycles. The summed E-state index contributed by atoms with van der Waals surface area (Å²) in [5.74, 6) is 0.764. The van der Waals surface area contributed by atoms with Crippen LogP contribution in [0.3, 0.4) is 0 Å². The average Bonchev–Trinajstić information content (AvgIpc) is 3.09. The van der Waals surface area contributed by atoms with Crippen molar-refractivity contribution in [3.05, 3.63) is 36.2 Å². The van der Waals surface area contributed by atoms with Crippen molar-refractivity contribution in [2.75, 3.05) is 13.1 Å². The summed E-state index contributed by atoms with van der Waals surface area (Å²) in [5.41, 5.74) is 3.51. The van der Waals surface area contributed by atoms with Gasteiger partial charge < -0.3 is 5.32 Å². The third-order valence-electron chi connectivity index (χ3n) is 3.93. The monoisotopic (exact) mass is 270 g/mol.